The molecule has 0 saturated heterocycles. The molecule has 0 radical (unpaired) electrons. The second-order valence-electron chi connectivity index (χ2n) is 6.90. The number of urea groups is 1. The van der Waals surface area contributed by atoms with Crippen molar-refractivity contribution in [2.75, 3.05) is 0 Å². The summed E-state index contributed by atoms with van der Waals surface area (Å²) < 4.78 is 5.53. The summed E-state index contributed by atoms with van der Waals surface area (Å²) in [5.74, 6) is 1.37. The number of carbonyl (C=O) groups is 1. The van der Waals surface area contributed by atoms with E-state index in [-0.39, 0.29) is 18.1 Å². The number of hydrogen-bond donors (Lipinski definition) is 1. The number of rotatable bonds is 6. The highest BCUT2D eigenvalue weighted by molar-refractivity contribution is 7.11. The lowest BCUT2D eigenvalue weighted by atomic mass is 10.2. The van der Waals surface area contributed by atoms with E-state index in [1.807, 2.05) is 30.2 Å². The molecule has 2 aliphatic rings. The SMILES string of the molecule is Cc1cnc([C@@H](NC(=O)N(C2CC2)[C@H](C)c2ccco2)C2CC2)s1. The van der Waals surface area contributed by atoms with Gasteiger partial charge >= 0.3 is 6.03 Å². The van der Waals surface area contributed by atoms with E-state index >= 15 is 0 Å². The molecular weight excluding hydrogens is 322 g/mol. The smallest absolute Gasteiger partial charge is 0.318 e. The average molecular weight is 345 g/mol. The molecule has 2 aliphatic carbocycles. The highest BCUT2D eigenvalue weighted by Gasteiger charge is 2.41. The molecule has 0 spiro atoms. The molecule has 24 heavy (non-hydrogen) atoms. The normalized spacial score (nSPS) is 19.8. The second-order valence-corrected chi connectivity index (χ2v) is 8.17. The summed E-state index contributed by atoms with van der Waals surface area (Å²) in [6.45, 7) is 4.10. The van der Waals surface area contributed by atoms with Gasteiger partial charge in [0.05, 0.1) is 18.3 Å². The van der Waals surface area contributed by atoms with E-state index in [0.29, 0.717) is 12.0 Å². The first kappa shape index (κ1) is 15.7. The van der Waals surface area contributed by atoms with Crippen molar-refractivity contribution in [3.63, 3.8) is 0 Å². The molecule has 2 saturated carbocycles. The van der Waals surface area contributed by atoms with Crippen LogP contribution in [0.2, 0.25) is 0 Å². The number of thiazole rings is 1. The molecule has 2 aromatic rings. The van der Waals surface area contributed by atoms with Gasteiger partial charge in [-0.05, 0) is 57.6 Å². The monoisotopic (exact) mass is 345 g/mol. The molecule has 4 rings (SSSR count). The van der Waals surface area contributed by atoms with E-state index in [2.05, 4.69) is 17.2 Å². The Labute approximate surface area is 146 Å². The third kappa shape index (κ3) is 3.20. The molecule has 0 bridgehead atoms. The van der Waals surface area contributed by atoms with E-state index in [1.165, 1.54) is 17.7 Å². The van der Waals surface area contributed by atoms with Crippen molar-refractivity contribution in [2.24, 2.45) is 5.92 Å². The van der Waals surface area contributed by atoms with Crippen LogP contribution in [0.15, 0.2) is 29.0 Å². The van der Waals surface area contributed by atoms with E-state index < -0.39 is 0 Å². The molecule has 0 aromatic carbocycles. The molecule has 1 N–H and O–H groups in total. The van der Waals surface area contributed by atoms with Crippen molar-refractivity contribution in [3.8, 4) is 0 Å². The molecule has 5 nitrogen and oxygen atoms in total. The Morgan fingerprint density at radius 2 is 2.21 bits per heavy atom. The molecule has 2 aromatic heterocycles. The molecule has 0 unspecified atom stereocenters. The van der Waals surface area contributed by atoms with Gasteiger partial charge in [-0.25, -0.2) is 9.78 Å². The molecular formula is C18H23N3O2S. The Kier molecular flexibility index (Phi) is 4.08. The van der Waals surface area contributed by atoms with Crippen molar-refractivity contribution in [1.29, 1.82) is 0 Å². The molecule has 2 heterocycles. The quantitative estimate of drug-likeness (QED) is 0.842. The number of nitrogens with one attached hydrogen (secondary N) is 1. The van der Waals surface area contributed by atoms with E-state index in [0.717, 1.165) is 23.6 Å². The Morgan fingerprint density at radius 3 is 2.75 bits per heavy atom. The van der Waals surface area contributed by atoms with Gasteiger partial charge in [-0.2, -0.15) is 0 Å². The maximum atomic E-state index is 13.0. The number of aryl methyl sites for hydroxylation is 1. The van der Waals surface area contributed by atoms with Crippen LogP contribution in [-0.4, -0.2) is 22.0 Å². The summed E-state index contributed by atoms with van der Waals surface area (Å²) in [4.78, 5) is 20.7. The van der Waals surface area contributed by atoms with Crippen molar-refractivity contribution < 1.29 is 9.21 Å². The van der Waals surface area contributed by atoms with Crippen molar-refractivity contribution >= 4 is 17.4 Å². The predicted molar refractivity (Wildman–Crippen MR) is 92.8 cm³/mol. The van der Waals surface area contributed by atoms with E-state index in [1.54, 1.807) is 17.6 Å². The van der Waals surface area contributed by atoms with E-state index in [4.69, 9.17) is 4.42 Å². The summed E-state index contributed by atoms with van der Waals surface area (Å²) in [5.41, 5.74) is 0. The molecule has 2 fully saturated rings. The van der Waals surface area contributed by atoms with Crippen molar-refractivity contribution in [3.05, 3.63) is 40.2 Å². The van der Waals surface area contributed by atoms with Gasteiger partial charge < -0.3 is 14.6 Å². The Morgan fingerprint density at radius 1 is 1.42 bits per heavy atom. The lowest BCUT2D eigenvalue weighted by molar-refractivity contribution is 0.161. The lowest BCUT2D eigenvalue weighted by Crippen LogP contribution is -2.44. The fourth-order valence-electron chi connectivity index (χ4n) is 3.21. The first-order valence-corrected chi connectivity index (χ1v) is 9.49. The number of aromatic nitrogens is 1. The number of hydrogen-bond acceptors (Lipinski definition) is 4. The minimum Gasteiger partial charge on any atom is -0.467 e. The zero-order chi connectivity index (χ0) is 16.7. The molecule has 6 heteroatoms. The second kappa shape index (κ2) is 6.24. The van der Waals surface area contributed by atoms with Gasteiger partial charge in [0.15, 0.2) is 0 Å². The van der Waals surface area contributed by atoms with Crippen molar-refractivity contribution in [2.45, 2.75) is 57.7 Å². The first-order chi connectivity index (χ1) is 11.6. The van der Waals surface area contributed by atoms with Gasteiger partial charge in [0.2, 0.25) is 0 Å². The summed E-state index contributed by atoms with van der Waals surface area (Å²) in [6.07, 6.45) is 8.04. The van der Waals surface area contributed by atoms with Crippen LogP contribution in [0, 0.1) is 12.8 Å². The predicted octanol–water partition coefficient (Wildman–Crippen LogP) is 4.43. The summed E-state index contributed by atoms with van der Waals surface area (Å²) >= 11 is 1.69. The summed E-state index contributed by atoms with van der Waals surface area (Å²) in [5, 5.41) is 4.30. The number of carbonyl (C=O) groups excluding carboxylic acids is 1. The topological polar surface area (TPSA) is 58.4 Å². The number of nitrogens with zero attached hydrogens (tertiary/aromatic N) is 2. The zero-order valence-corrected chi connectivity index (χ0v) is 14.9. The van der Waals surface area contributed by atoms with E-state index in [9.17, 15) is 4.79 Å². The lowest BCUT2D eigenvalue weighted by Gasteiger charge is -2.30. The van der Waals surface area contributed by atoms with Crippen LogP contribution in [0.4, 0.5) is 4.79 Å². The average Bonchev–Trinajstić information content (AvgIpc) is 3.47. The maximum Gasteiger partial charge on any atom is 0.318 e. The fourth-order valence-corrected chi connectivity index (χ4v) is 4.13. The largest absolute Gasteiger partial charge is 0.467 e. The summed E-state index contributed by atoms with van der Waals surface area (Å²) in [7, 11) is 0. The minimum atomic E-state index is -0.0506. The van der Waals surface area contributed by atoms with Crippen molar-refractivity contribution in [1.82, 2.24) is 15.2 Å². The Bertz CT molecular complexity index is 704. The van der Waals surface area contributed by atoms with Gasteiger partial charge in [0.1, 0.15) is 10.8 Å². The Hall–Kier alpha value is -1.82. The molecule has 0 aliphatic heterocycles. The zero-order valence-electron chi connectivity index (χ0n) is 14.1. The summed E-state index contributed by atoms with van der Waals surface area (Å²) in [6, 6.07) is 4.14. The standard InChI is InChI=1S/C18H23N3O2S/c1-11-10-19-17(24-11)16(13-5-6-13)20-18(22)21(14-7-8-14)12(2)15-4-3-9-23-15/h3-4,9-10,12-14,16H,5-8H2,1-2H3,(H,20,22)/t12-,16+/m1/s1. The maximum absolute atomic E-state index is 13.0. The van der Waals surface area contributed by atoms with Gasteiger partial charge in [-0.15, -0.1) is 11.3 Å². The number of amides is 2. The van der Waals surface area contributed by atoms with Crippen LogP contribution in [0.25, 0.3) is 0 Å². The molecule has 2 atom stereocenters. The minimum absolute atomic E-state index is 0.00570. The van der Waals surface area contributed by atoms with Crippen LogP contribution in [0.3, 0.4) is 0 Å². The highest BCUT2D eigenvalue weighted by Crippen LogP contribution is 2.43. The Balaban J connectivity index is 1.52. The third-order valence-electron chi connectivity index (χ3n) is 4.82. The van der Waals surface area contributed by atoms with Crippen LogP contribution in [0.5, 0.6) is 0 Å². The van der Waals surface area contributed by atoms with Gasteiger partial charge in [-0.3, -0.25) is 0 Å². The van der Waals surface area contributed by atoms with Gasteiger partial charge in [0, 0.05) is 17.1 Å². The van der Waals surface area contributed by atoms with Crippen LogP contribution in [-0.2, 0) is 0 Å². The van der Waals surface area contributed by atoms with Gasteiger partial charge in [0.25, 0.3) is 0 Å². The molecule has 2 amide bonds. The molecule has 128 valence electrons. The first-order valence-electron chi connectivity index (χ1n) is 8.68. The van der Waals surface area contributed by atoms with Crippen LogP contribution in [0.1, 0.15) is 60.3 Å². The number of furan rings is 1. The highest BCUT2D eigenvalue weighted by atomic mass is 32.1. The third-order valence-corrected chi connectivity index (χ3v) is 5.82. The van der Waals surface area contributed by atoms with Crippen LogP contribution >= 0.6 is 11.3 Å². The fraction of sp³-hybridized carbons (Fsp3) is 0.556. The van der Waals surface area contributed by atoms with Gasteiger partial charge in [-0.1, -0.05) is 0 Å². The van der Waals surface area contributed by atoms with Crippen LogP contribution < -0.4 is 5.32 Å².